The number of likely N-dealkylation sites (tertiary alicyclic amines) is 1. The molecule has 1 fully saturated rings. The first kappa shape index (κ1) is 13.9. The van der Waals surface area contributed by atoms with E-state index in [1.165, 1.54) is 16.0 Å². The van der Waals surface area contributed by atoms with Gasteiger partial charge in [-0.2, -0.15) is 0 Å². The van der Waals surface area contributed by atoms with E-state index in [-0.39, 0.29) is 11.8 Å². The molecule has 1 N–H and O–H groups in total. The quantitative estimate of drug-likeness (QED) is 0.859. The van der Waals surface area contributed by atoms with Gasteiger partial charge in [0, 0.05) is 32.1 Å². The van der Waals surface area contributed by atoms with Gasteiger partial charge in [-0.25, -0.2) is 4.79 Å². The minimum atomic E-state index is -0.882. The molecule has 2 aliphatic rings. The van der Waals surface area contributed by atoms with Gasteiger partial charge in [0.05, 0.1) is 0 Å². The van der Waals surface area contributed by atoms with Crippen LogP contribution in [-0.4, -0.2) is 46.5 Å². The predicted octanol–water partition coefficient (Wildman–Crippen LogP) is 1.96. The van der Waals surface area contributed by atoms with Gasteiger partial charge < -0.3 is 14.9 Å². The second-order valence-corrected chi connectivity index (χ2v) is 5.82. The van der Waals surface area contributed by atoms with Gasteiger partial charge in [0.2, 0.25) is 5.91 Å². The van der Waals surface area contributed by atoms with Crippen molar-refractivity contribution in [2.24, 2.45) is 5.92 Å². The molecule has 0 atom stereocenters. The van der Waals surface area contributed by atoms with Crippen LogP contribution in [0.3, 0.4) is 0 Å². The third kappa shape index (κ3) is 2.86. The molecule has 0 radical (unpaired) electrons. The lowest BCUT2D eigenvalue weighted by Crippen LogP contribution is -2.45. The highest BCUT2D eigenvalue weighted by Gasteiger charge is 2.31. The third-order valence-corrected chi connectivity index (χ3v) is 4.56. The number of benzene rings is 1. The van der Waals surface area contributed by atoms with E-state index in [0.29, 0.717) is 32.5 Å². The zero-order chi connectivity index (χ0) is 14.8. The average Bonchev–Trinajstić information content (AvgIpc) is 2.54. The number of carbonyl (C=O) groups is 2. The van der Waals surface area contributed by atoms with E-state index in [4.69, 9.17) is 5.11 Å². The smallest absolute Gasteiger partial charge is 0.407 e. The zero-order valence-electron chi connectivity index (χ0n) is 12.0. The fourth-order valence-corrected chi connectivity index (χ4v) is 3.26. The SMILES string of the molecule is O=C(O)N1CCC(C(=O)N2CCc3ccccc3C2)CC1. The van der Waals surface area contributed by atoms with Crippen LogP contribution >= 0.6 is 0 Å². The number of carbonyl (C=O) groups excluding carboxylic acids is 1. The minimum absolute atomic E-state index is 0.0223. The monoisotopic (exact) mass is 288 g/mol. The highest BCUT2D eigenvalue weighted by Crippen LogP contribution is 2.24. The van der Waals surface area contributed by atoms with Crippen LogP contribution in [0, 0.1) is 5.92 Å². The van der Waals surface area contributed by atoms with Crippen molar-refractivity contribution in [1.82, 2.24) is 9.80 Å². The second-order valence-electron chi connectivity index (χ2n) is 5.82. The molecule has 2 aliphatic heterocycles. The van der Waals surface area contributed by atoms with Crippen molar-refractivity contribution < 1.29 is 14.7 Å². The van der Waals surface area contributed by atoms with Gasteiger partial charge in [-0.15, -0.1) is 0 Å². The summed E-state index contributed by atoms with van der Waals surface area (Å²) < 4.78 is 0. The van der Waals surface area contributed by atoms with Gasteiger partial charge in [-0.3, -0.25) is 4.79 Å². The summed E-state index contributed by atoms with van der Waals surface area (Å²) in [4.78, 5) is 26.8. The maximum atomic E-state index is 12.6. The molecule has 1 aromatic rings. The zero-order valence-corrected chi connectivity index (χ0v) is 12.0. The molecule has 0 saturated carbocycles. The van der Waals surface area contributed by atoms with E-state index >= 15 is 0 Å². The first-order chi connectivity index (χ1) is 10.1. The number of hydrogen-bond donors (Lipinski definition) is 1. The number of hydrogen-bond acceptors (Lipinski definition) is 2. The average molecular weight is 288 g/mol. The van der Waals surface area contributed by atoms with Crippen LogP contribution in [0.5, 0.6) is 0 Å². The Morgan fingerprint density at radius 3 is 2.33 bits per heavy atom. The summed E-state index contributed by atoms with van der Waals surface area (Å²) in [6.07, 6.45) is 1.32. The molecule has 3 rings (SSSR count). The van der Waals surface area contributed by atoms with Crippen molar-refractivity contribution in [3.8, 4) is 0 Å². The van der Waals surface area contributed by atoms with E-state index < -0.39 is 6.09 Å². The van der Waals surface area contributed by atoms with Crippen LogP contribution in [0.2, 0.25) is 0 Å². The molecule has 5 nitrogen and oxygen atoms in total. The number of carboxylic acid groups (broad SMARTS) is 1. The summed E-state index contributed by atoms with van der Waals surface area (Å²) in [5.41, 5.74) is 2.57. The Morgan fingerprint density at radius 1 is 1.00 bits per heavy atom. The Morgan fingerprint density at radius 2 is 1.67 bits per heavy atom. The molecule has 1 aromatic carbocycles. The van der Waals surface area contributed by atoms with Gasteiger partial charge in [-0.05, 0) is 30.4 Å². The van der Waals surface area contributed by atoms with Crippen LogP contribution < -0.4 is 0 Å². The van der Waals surface area contributed by atoms with Crippen LogP contribution in [0.25, 0.3) is 0 Å². The largest absolute Gasteiger partial charge is 0.465 e. The first-order valence-corrected chi connectivity index (χ1v) is 7.48. The summed E-state index contributed by atoms with van der Waals surface area (Å²) in [7, 11) is 0. The van der Waals surface area contributed by atoms with E-state index in [2.05, 4.69) is 12.1 Å². The van der Waals surface area contributed by atoms with E-state index in [9.17, 15) is 9.59 Å². The molecule has 1 saturated heterocycles. The van der Waals surface area contributed by atoms with Gasteiger partial charge >= 0.3 is 6.09 Å². The normalized spacial score (nSPS) is 19.2. The Hall–Kier alpha value is -2.04. The van der Waals surface area contributed by atoms with Crippen molar-refractivity contribution in [3.63, 3.8) is 0 Å². The molecule has 0 unspecified atom stereocenters. The van der Waals surface area contributed by atoms with Crippen molar-refractivity contribution in [1.29, 1.82) is 0 Å². The van der Waals surface area contributed by atoms with Gasteiger partial charge in [0.25, 0.3) is 0 Å². The fourth-order valence-electron chi connectivity index (χ4n) is 3.26. The Labute approximate surface area is 124 Å². The fraction of sp³-hybridized carbons (Fsp3) is 0.500. The van der Waals surface area contributed by atoms with Crippen molar-refractivity contribution >= 4 is 12.0 Å². The summed E-state index contributed by atoms with van der Waals surface area (Å²) in [6.45, 7) is 2.40. The maximum absolute atomic E-state index is 12.6. The molecule has 112 valence electrons. The van der Waals surface area contributed by atoms with E-state index in [0.717, 1.165) is 13.0 Å². The lowest BCUT2D eigenvalue weighted by atomic mass is 9.93. The number of rotatable bonds is 1. The molecule has 2 heterocycles. The minimum Gasteiger partial charge on any atom is -0.465 e. The molecule has 0 spiro atoms. The van der Waals surface area contributed by atoms with Crippen LogP contribution in [-0.2, 0) is 17.8 Å². The first-order valence-electron chi connectivity index (χ1n) is 7.48. The summed E-state index contributed by atoms with van der Waals surface area (Å²) in [5, 5.41) is 8.95. The molecular formula is C16H20N2O3. The van der Waals surface area contributed by atoms with Crippen LogP contribution in [0.15, 0.2) is 24.3 Å². The summed E-state index contributed by atoms with van der Waals surface area (Å²) in [6, 6.07) is 8.26. The molecule has 0 bridgehead atoms. The van der Waals surface area contributed by atoms with Crippen molar-refractivity contribution in [2.75, 3.05) is 19.6 Å². The molecule has 0 aliphatic carbocycles. The molecule has 2 amide bonds. The van der Waals surface area contributed by atoms with Gasteiger partial charge in [0.1, 0.15) is 0 Å². The highest BCUT2D eigenvalue weighted by atomic mass is 16.4. The number of fused-ring (bicyclic) bond motifs is 1. The van der Waals surface area contributed by atoms with E-state index in [1.807, 2.05) is 17.0 Å². The van der Waals surface area contributed by atoms with Crippen LogP contribution in [0.4, 0.5) is 4.79 Å². The predicted molar refractivity (Wildman–Crippen MR) is 77.9 cm³/mol. The van der Waals surface area contributed by atoms with Crippen LogP contribution in [0.1, 0.15) is 24.0 Å². The van der Waals surface area contributed by atoms with E-state index in [1.54, 1.807) is 0 Å². The Balaban J connectivity index is 1.61. The lowest BCUT2D eigenvalue weighted by molar-refractivity contribution is -0.137. The van der Waals surface area contributed by atoms with Gasteiger partial charge in [0.15, 0.2) is 0 Å². The molecule has 21 heavy (non-hydrogen) atoms. The standard InChI is InChI=1S/C16H20N2O3/c19-15(13-6-8-17(9-7-13)16(20)21)18-10-5-12-3-1-2-4-14(12)11-18/h1-4,13H,5-11H2,(H,20,21). The highest BCUT2D eigenvalue weighted by molar-refractivity contribution is 5.79. The number of amides is 2. The summed E-state index contributed by atoms with van der Waals surface area (Å²) in [5.74, 6) is 0.167. The topological polar surface area (TPSA) is 60.9 Å². The molecule has 5 heteroatoms. The maximum Gasteiger partial charge on any atom is 0.407 e. The van der Waals surface area contributed by atoms with Crippen molar-refractivity contribution in [2.45, 2.75) is 25.8 Å². The Bertz CT molecular complexity index is 550. The second kappa shape index (κ2) is 5.76. The number of nitrogens with zero attached hydrogens (tertiary/aromatic N) is 2. The number of piperidine rings is 1. The molecular weight excluding hydrogens is 268 g/mol. The third-order valence-electron chi connectivity index (χ3n) is 4.56. The van der Waals surface area contributed by atoms with Gasteiger partial charge in [-0.1, -0.05) is 24.3 Å². The Kier molecular flexibility index (Phi) is 3.82. The molecule has 0 aromatic heterocycles. The summed E-state index contributed by atoms with van der Waals surface area (Å²) >= 11 is 0. The van der Waals surface area contributed by atoms with Crippen molar-refractivity contribution in [3.05, 3.63) is 35.4 Å². The lowest BCUT2D eigenvalue weighted by Gasteiger charge is -2.35.